The molecule has 0 unspecified atom stereocenters. The van der Waals surface area contributed by atoms with Crippen LogP contribution in [0.3, 0.4) is 0 Å². The summed E-state index contributed by atoms with van der Waals surface area (Å²) in [7, 11) is 1.83. The van der Waals surface area contributed by atoms with Crippen molar-refractivity contribution in [2.45, 2.75) is 19.4 Å². The van der Waals surface area contributed by atoms with Crippen molar-refractivity contribution in [2.24, 2.45) is 7.05 Å². The van der Waals surface area contributed by atoms with Gasteiger partial charge in [0.25, 0.3) is 0 Å². The Morgan fingerprint density at radius 1 is 1.06 bits per heavy atom. The zero-order chi connectivity index (χ0) is 21.2. The van der Waals surface area contributed by atoms with Gasteiger partial charge in [0.15, 0.2) is 5.82 Å². The van der Waals surface area contributed by atoms with Crippen LogP contribution in [-0.2, 0) is 7.05 Å². The maximum absolute atomic E-state index is 6.05. The summed E-state index contributed by atoms with van der Waals surface area (Å²) in [5.74, 6) is 3.09. The van der Waals surface area contributed by atoms with Gasteiger partial charge in [-0.15, -0.1) is 0 Å². The molecule has 0 saturated carbocycles. The molecule has 1 atom stereocenters. The lowest BCUT2D eigenvalue weighted by Gasteiger charge is -2.18. The monoisotopic (exact) mass is 415 g/mol. The Balaban J connectivity index is 1.67. The van der Waals surface area contributed by atoms with Gasteiger partial charge in [0.2, 0.25) is 5.88 Å². The molecule has 0 spiro atoms. The maximum atomic E-state index is 6.05. The fourth-order valence-electron chi connectivity index (χ4n) is 3.39. The first-order chi connectivity index (χ1) is 15.2. The van der Waals surface area contributed by atoms with Gasteiger partial charge in [-0.05, 0) is 30.7 Å². The van der Waals surface area contributed by atoms with Crippen molar-refractivity contribution in [3.05, 3.63) is 55.2 Å². The Morgan fingerprint density at radius 2 is 1.94 bits per heavy atom. The molecule has 0 amide bonds. The Bertz CT molecular complexity index is 1210. The van der Waals surface area contributed by atoms with Crippen molar-refractivity contribution in [3.63, 3.8) is 0 Å². The lowest BCUT2D eigenvalue weighted by Crippen LogP contribution is -2.17. The number of anilines is 2. The summed E-state index contributed by atoms with van der Waals surface area (Å²) in [6.07, 6.45) is 9.36. The molecule has 4 aromatic rings. The average molecular weight is 415 g/mol. The molecule has 9 heteroatoms. The molecule has 5 heterocycles. The molecule has 9 nitrogen and oxygen atoms in total. The summed E-state index contributed by atoms with van der Waals surface area (Å²) in [6, 6.07) is 7.52. The van der Waals surface area contributed by atoms with Crippen LogP contribution < -0.4 is 14.8 Å². The van der Waals surface area contributed by atoms with Crippen LogP contribution in [0, 0.1) is 0 Å². The number of fused-ring (bicyclic) bond motifs is 6. The van der Waals surface area contributed by atoms with Crippen LogP contribution in [0.25, 0.3) is 22.5 Å². The van der Waals surface area contributed by atoms with E-state index in [1.807, 2.05) is 38.2 Å². The smallest absolute Gasteiger partial charge is 0.222 e. The Hall–Kier alpha value is -4.01. The topological polar surface area (TPSA) is 99.9 Å². The highest BCUT2D eigenvalue weighted by atomic mass is 16.5. The third-order valence-electron chi connectivity index (χ3n) is 4.98. The maximum Gasteiger partial charge on any atom is 0.222 e. The molecule has 4 aromatic heterocycles. The summed E-state index contributed by atoms with van der Waals surface area (Å²) in [4.78, 5) is 17.9. The van der Waals surface area contributed by atoms with Crippen molar-refractivity contribution >= 4 is 11.6 Å². The molecule has 0 radical (unpaired) electrons. The van der Waals surface area contributed by atoms with Crippen LogP contribution in [0.1, 0.15) is 13.3 Å². The van der Waals surface area contributed by atoms with Gasteiger partial charge in [-0.25, -0.2) is 19.6 Å². The predicted octanol–water partition coefficient (Wildman–Crippen LogP) is 3.63. The number of nitrogens with one attached hydrogen (secondary N) is 1. The lowest BCUT2D eigenvalue weighted by atomic mass is 10.1. The predicted molar refractivity (Wildman–Crippen MR) is 115 cm³/mol. The van der Waals surface area contributed by atoms with E-state index in [0.717, 1.165) is 22.4 Å². The number of hydrogen-bond donors (Lipinski definition) is 1. The van der Waals surface area contributed by atoms with Gasteiger partial charge in [-0.1, -0.05) is 0 Å². The van der Waals surface area contributed by atoms with Crippen molar-refractivity contribution in [1.82, 2.24) is 29.7 Å². The third-order valence-corrected chi connectivity index (χ3v) is 4.98. The van der Waals surface area contributed by atoms with Gasteiger partial charge in [-0.2, -0.15) is 5.10 Å². The standard InChI is InChI=1S/C22H21N7O2/c1-14-6-10-30-22-18(13-26-29(22)2)20-25-12-17(15-3-7-23-8-4-15)21(28-20)27-19-11-16(31-14)5-9-24-19/h3-5,7-9,11-14H,6,10H2,1-2H3,(H,24,25,27,28)/t14-/m0/s1. The van der Waals surface area contributed by atoms with Gasteiger partial charge in [0, 0.05) is 49.9 Å². The first kappa shape index (κ1) is 19.0. The molecule has 0 aliphatic carbocycles. The van der Waals surface area contributed by atoms with Crippen molar-refractivity contribution < 1.29 is 9.47 Å². The van der Waals surface area contributed by atoms with E-state index in [1.165, 1.54) is 0 Å². The SMILES string of the molecule is C[C@H]1CCOc2c(cnn2C)-c2ncc(-c3ccncc3)c(n2)Nc2cc(ccn2)O1. The molecule has 0 fully saturated rings. The summed E-state index contributed by atoms with van der Waals surface area (Å²) in [6.45, 7) is 2.49. The molecule has 31 heavy (non-hydrogen) atoms. The summed E-state index contributed by atoms with van der Waals surface area (Å²) < 4.78 is 13.8. The van der Waals surface area contributed by atoms with E-state index in [2.05, 4.69) is 25.4 Å². The fourth-order valence-corrected chi connectivity index (χ4v) is 3.39. The number of aryl methyl sites for hydroxylation is 1. The molecule has 4 bridgehead atoms. The van der Waals surface area contributed by atoms with Crippen molar-refractivity contribution in [2.75, 3.05) is 11.9 Å². The van der Waals surface area contributed by atoms with Crippen LogP contribution in [0.2, 0.25) is 0 Å². The number of aromatic nitrogens is 6. The highest BCUT2D eigenvalue weighted by molar-refractivity contribution is 5.79. The Kier molecular flexibility index (Phi) is 4.91. The molecular formula is C22H21N7O2. The van der Waals surface area contributed by atoms with Gasteiger partial charge < -0.3 is 14.8 Å². The van der Waals surface area contributed by atoms with E-state index in [4.69, 9.17) is 14.5 Å². The van der Waals surface area contributed by atoms with Gasteiger partial charge in [-0.3, -0.25) is 4.98 Å². The van der Waals surface area contributed by atoms with E-state index < -0.39 is 0 Å². The quantitative estimate of drug-likeness (QED) is 0.503. The summed E-state index contributed by atoms with van der Waals surface area (Å²) >= 11 is 0. The largest absolute Gasteiger partial charge is 0.490 e. The van der Waals surface area contributed by atoms with E-state index in [9.17, 15) is 0 Å². The van der Waals surface area contributed by atoms with Gasteiger partial charge >= 0.3 is 0 Å². The molecule has 5 rings (SSSR count). The zero-order valence-electron chi connectivity index (χ0n) is 17.2. The van der Waals surface area contributed by atoms with E-state index in [0.29, 0.717) is 36.4 Å². The second-order valence-corrected chi connectivity index (χ2v) is 7.25. The first-order valence-corrected chi connectivity index (χ1v) is 10.00. The second kappa shape index (κ2) is 8.02. The number of ether oxygens (including phenoxy) is 2. The number of nitrogens with zero attached hydrogens (tertiary/aromatic N) is 6. The van der Waals surface area contributed by atoms with Crippen LogP contribution in [-0.4, -0.2) is 42.4 Å². The molecule has 1 aliphatic heterocycles. The normalized spacial score (nSPS) is 15.6. The van der Waals surface area contributed by atoms with Gasteiger partial charge in [0.05, 0.1) is 18.9 Å². The third kappa shape index (κ3) is 3.89. The molecule has 1 N–H and O–H groups in total. The number of hydrogen-bond acceptors (Lipinski definition) is 8. The van der Waals surface area contributed by atoms with Crippen LogP contribution in [0.15, 0.2) is 55.2 Å². The van der Waals surface area contributed by atoms with E-state index in [-0.39, 0.29) is 6.10 Å². The summed E-state index contributed by atoms with van der Waals surface area (Å²) in [5, 5.41) is 7.67. The highest BCUT2D eigenvalue weighted by Gasteiger charge is 2.19. The molecular weight excluding hydrogens is 394 g/mol. The zero-order valence-corrected chi connectivity index (χ0v) is 17.2. The highest BCUT2D eigenvalue weighted by Crippen LogP contribution is 2.33. The molecule has 1 aliphatic rings. The van der Waals surface area contributed by atoms with E-state index >= 15 is 0 Å². The minimum atomic E-state index is -0.0312. The van der Waals surface area contributed by atoms with Crippen LogP contribution >= 0.6 is 0 Å². The number of rotatable bonds is 1. The van der Waals surface area contributed by atoms with Crippen LogP contribution in [0.5, 0.6) is 11.6 Å². The minimum Gasteiger partial charge on any atom is -0.490 e. The summed E-state index contributed by atoms with van der Waals surface area (Å²) in [5.41, 5.74) is 2.49. The average Bonchev–Trinajstić information content (AvgIpc) is 3.14. The van der Waals surface area contributed by atoms with E-state index in [1.54, 1.807) is 35.7 Å². The Labute approximate surface area is 179 Å². The molecule has 0 aromatic carbocycles. The second-order valence-electron chi connectivity index (χ2n) is 7.25. The fraction of sp³-hybridized carbons (Fsp3) is 0.227. The molecule has 156 valence electrons. The van der Waals surface area contributed by atoms with Crippen molar-refractivity contribution in [3.8, 4) is 34.1 Å². The first-order valence-electron chi connectivity index (χ1n) is 10.00. The Morgan fingerprint density at radius 3 is 2.81 bits per heavy atom. The van der Waals surface area contributed by atoms with Gasteiger partial charge in [0.1, 0.15) is 22.9 Å². The molecule has 0 saturated heterocycles. The number of pyridine rings is 2. The van der Waals surface area contributed by atoms with Crippen LogP contribution in [0.4, 0.5) is 11.6 Å². The minimum absolute atomic E-state index is 0.0312. The van der Waals surface area contributed by atoms with Crippen molar-refractivity contribution in [1.29, 1.82) is 0 Å². The lowest BCUT2D eigenvalue weighted by molar-refractivity contribution is 0.172.